The van der Waals surface area contributed by atoms with Crippen molar-refractivity contribution in [2.24, 2.45) is 0 Å². The molecule has 2 aromatic carbocycles. The quantitative estimate of drug-likeness (QED) is 0.599. The van der Waals surface area contributed by atoms with Gasteiger partial charge in [-0.05, 0) is 43.2 Å². The molecule has 0 unspecified atom stereocenters. The third kappa shape index (κ3) is 2.29. The van der Waals surface area contributed by atoms with Crippen molar-refractivity contribution in [1.82, 2.24) is 0 Å². The van der Waals surface area contributed by atoms with Gasteiger partial charge >= 0.3 is 0 Å². The van der Waals surface area contributed by atoms with Crippen LogP contribution in [0.2, 0.25) is 0 Å². The van der Waals surface area contributed by atoms with Crippen molar-refractivity contribution in [1.29, 1.82) is 0 Å². The van der Waals surface area contributed by atoms with Gasteiger partial charge in [-0.2, -0.15) is 0 Å². The molecule has 0 fully saturated rings. The number of aryl methyl sites for hydroxylation is 1. The maximum Gasteiger partial charge on any atom is 0.280 e. The lowest BCUT2D eigenvalue weighted by molar-refractivity contribution is -0.384. The highest BCUT2D eigenvalue weighted by atomic mass is 79.9. The van der Waals surface area contributed by atoms with Crippen LogP contribution >= 0.6 is 15.9 Å². The van der Waals surface area contributed by atoms with Crippen LogP contribution in [0.4, 0.5) is 5.69 Å². The van der Waals surface area contributed by atoms with Gasteiger partial charge < -0.3 is 0 Å². The van der Waals surface area contributed by atoms with Gasteiger partial charge in [0.2, 0.25) is 0 Å². The van der Waals surface area contributed by atoms with E-state index in [1.165, 1.54) is 0 Å². The maximum atomic E-state index is 11.2. The topological polar surface area (TPSA) is 43.1 Å². The normalized spacial score (nSPS) is 10.4. The lowest BCUT2D eigenvalue weighted by atomic mass is 9.98. The van der Waals surface area contributed by atoms with Gasteiger partial charge in [-0.25, -0.2) is 0 Å². The Morgan fingerprint density at radius 2 is 1.67 bits per heavy atom. The standard InChI is InChI=1S/C14H12BrNO2/c1-9-3-8-13(14(10(9)2)16(17)18)11-4-6-12(15)7-5-11/h3-8H,1-2H3. The highest BCUT2D eigenvalue weighted by molar-refractivity contribution is 9.10. The first-order valence-corrected chi connectivity index (χ1v) is 6.30. The number of nitrogens with zero attached hydrogens (tertiary/aromatic N) is 1. The number of nitro benzene ring substituents is 1. The van der Waals surface area contributed by atoms with E-state index in [1.54, 1.807) is 6.92 Å². The molecule has 0 aliphatic rings. The predicted octanol–water partition coefficient (Wildman–Crippen LogP) is 4.64. The summed E-state index contributed by atoms with van der Waals surface area (Å²) in [6, 6.07) is 11.2. The molecule has 0 spiro atoms. The lowest BCUT2D eigenvalue weighted by Crippen LogP contribution is -1.97. The summed E-state index contributed by atoms with van der Waals surface area (Å²) in [5.74, 6) is 0. The van der Waals surface area contributed by atoms with Crippen LogP contribution in [-0.4, -0.2) is 4.92 Å². The Morgan fingerprint density at radius 1 is 1.06 bits per heavy atom. The zero-order valence-corrected chi connectivity index (χ0v) is 11.7. The van der Waals surface area contributed by atoms with Crippen LogP contribution in [0.15, 0.2) is 40.9 Å². The third-order valence-electron chi connectivity index (χ3n) is 3.04. The zero-order chi connectivity index (χ0) is 13.3. The van der Waals surface area contributed by atoms with Gasteiger partial charge in [0, 0.05) is 10.0 Å². The van der Waals surface area contributed by atoms with E-state index in [-0.39, 0.29) is 10.6 Å². The van der Waals surface area contributed by atoms with Crippen molar-refractivity contribution < 1.29 is 4.92 Å². The molecule has 0 amide bonds. The monoisotopic (exact) mass is 305 g/mol. The highest BCUT2D eigenvalue weighted by Gasteiger charge is 2.19. The van der Waals surface area contributed by atoms with Crippen LogP contribution in [0.1, 0.15) is 11.1 Å². The molecule has 0 aliphatic carbocycles. The van der Waals surface area contributed by atoms with Gasteiger partial charge in [-0.3, -0.25) is 10.1 Å². The van der Waals surface area contributed by atoms with Gasteiger partial charge in [-0.1, -0.05) is 34.1 Å². The Labute approximate surface area is 114 Å². The fourth-order valence-corrected chi connectivity index (χ4v) is 2.16. The molecule has 0 saturated carbocycles. The molecule has 0 aliphatic heterocycles. The molecule has 4 heteroatoms. The fourth-order valence-electron chi connectivity index (χ4n) is 1.90. The molecule has 18 heavy (non-hydrogen) atoms. The molecule has 2 aromatic rings. The summed E-state index contributed by atoms with van der Waals surface area (Å²) < 4.78 is 0.956. The average molecular weight is 306 g/mol. The summed E-state index contributed by atoms with van der Waals surface area (Å²) in [6.07, 6.45) is 0. The smallest absolute Gasteiger partial charge is 0.258 e. The number of benzene rings is 2. The molecule has 0 aromatic heterocycles. The van der Waals surface area contributed by atoms with Crippen molar-refractivity contribution in [2.45, 2.75) is 13.8 Å². The highest BCUT2D eigenvalue weighted by Crippen LogP contribution is 2.34. The summed E-state index contributed by atoms with van der Waals surface area (Å²) in [6.45, 7) is 3.67. The van der Waals surface area contributed by atoms with Gasteiger partial charge in [0.1, 0.15) is 0 Å². The van der Waals surface area contributed by atoms with Crippen molar-refractivity contribution in [2.75, 3.05) is 0 Å². The second kappa shape index (κ2) is 4.90. The van der Waals surface area contributed by atoms with Crippen molar-refractivity contribution in [3.05, 3.63) is 62.1 Å². The summed E-state index contributed by atoms with van der Waals surface area (Å²) in [4.78, 5) is 10.9. The van der Waals surface area contributed by atoms with Crippen molar-refractivity contribution in [3.8, 4) is 11.1 Å². The average Bonchev–Trinajstić information content (AvgIpc) is 2.33. The molecule has 0 radical (unpaired) electrons. The second-order valence-corrected chi connectivity index (χ2v) is 5.08. The Bertz CT molecular complexity index is 606. The van der Waals surface area contributed by atoms with E-state index in [4.69, 9.17) is 0 Å². The SMILES string of the molecule is Cc1ccc(-c2ccc(Br)cc2)c([N+](=O)[O-])c1C. The van der Waals surface area contributed by atoms with Gasteiger partial charge in [-0.15, -0.1) is 0 Å². The Balaban J connectivity index is 2.68. The van der Waals surface area contributed by atoms with E-state index in [0.29, 0.717) is 5.56 Å². The van der Waals surface area contributed by atoms with Crippen LogP contribution < -0.4 is 0 Å². The van der Waals surface area contributed by atoms with Gasteiger partial charge in [0.25, 0.3) is 5.69 Å². The van der Waals surface area contributed by atoms with Gasteiger partial charge in [0.05, 0.1) is 10.5 Å². The Morgan fingerprint density at radius 3 is 2.22 bits per heavy atom. The Kier molecular flexibility index (Phi) is 3.48. The largest absolute Gasteiger partial charge is 0.280 e. The first-order valence-electron chi connectivity index (χ1n) is 5.51. The van der Waals surface area contributed by atoms with E-state index in [2.05, 4.69) is 15.9 Å². The summed E-state index contributed by atoms with van der Waals surface area (Å²) in [5, 5.41) is 11.2. The fraction of sp³-hybridized carbons (Fsp3) is 0.143. The van der Waals surface area contributed by atoms with E-state index in [1.807, 2.05) is 43.3 Å². The molecule has 0 heterocycles. The summed E-state index contributed by atoms with van der Waals surface area (Å²) >= 11 is 3.36. The van der Waals surface area contributed by atoms with E-state index in [0.717, 1.165) is 21.2 Å². The van der Waals surface area contributed by atoms with Crippen LogP contribution in [0, 0.1) is 24.0 Å². The third-order valence-corrected chi connectivity index (χ3v) is 3.57. The van der Waals surface area contributed by atoms with Crippen molar-refractivity contribution >= 4 is 21.6 Å². The second-order valence-electron chi connectivity index (χ2n) is 4.17. The number of nitro groups is 1. The van der Waals surface area contributed by atoms with Crippen LogP contribution in [0.25, 0.3) is 11.1 Å². The summed E-state index contributed by atoms with van der Waals surface area (Å²) in [7, 11) is 0. The van der Waals surface area contributed by atoms with Crippen LogP contribution in [-0.2, 0) is 0 Å². The molecule has 0 bridgehead atoms. The zero-order valence-electron chi connectivity index (χ0n) is 10.1. The minimum absolute atomic E-state index is 0.192. The van der Waals surface area contributed by atoms with Crippen molar-refractivity contribution in [3.63, 3.8) is 0 Å². The summed E-state index contributed by atoms with van der Waals surface area (Å²) in [5.41, 5.74) is 3.36. The number of hydrogen-bond donors (Lipinski definition) is 0. The molecular weight excluding hydrogens is 294 g/mol. The first-order chi connectivity index (χ1) is 8.50. The molecule has 92 valence electrons. The number of halogens is 1. The van der Waals surface area contributed by atoms with E-state index in [9.17, 15) is 10.1 Å². The van der Waals surface area contributed by atoms with Crippen LogP contribution in [0.5, 0.6) is 0 Å². The molecule has 0 atom stereocenters. The maximum absolute atomic E-state index is 11.2. The van der Waals surface area contributed by atoms with E-state index < -0.39 is 0 Å². The molecule has 0 N–H and O–H groups in total. The van der Waals surface area contributed by atoms with Crippen LogP contribution in [0.3, 0.4) is 0 Å². The number of rotatable bonds is 2. The molecular formula is C14H12BrNO2. The number of hydrogen-bond acceptors (Lipinski definition) is 2. The first kappa shape index (κ1) is 12.8. The molecule has 2 rings (SSSR count). The van der Waals surface area contributed by atoms with E-state index >= 15 is 0 Å². The predicted molar refractivity (Wildman–Crippen MR) is 75.7 cm³/mol. The lowest BCUT2D eigenvalue weighted by Gasteiger charge is -2.08. The molecule has 3 nitrogen and oxygen atoms in total. The molecule has 0 saturated heterocycles. The Hall–Kier alpha value is -1.68. The minimum Gasteiger partial charge on any atom is -0.258 e. The minimum atomic E-state index is -0.306. The van der Waals surface area contributed by atoms with Gasteiger partial charge in [0.15, 0.2) is 0 Å².